The lowest BCUT2D eigenvalue weighted by Gasteiger charge is -2.29. The van der Waals surface area contributed by atoms with Crippen LogP contribution in [0.5, 0.6) is 11.5 Å². The molecular weight excluding hydrogens is 302 g/mol. The summed E-state index contributed by atoms with van der Waals surface area (Å²) in [5, 5.41) is 0. The Balaban J connectivity index is 2.32. The Kier molecular flexibility index (Phi) is 4.06. The molecule has 0 aromatic heterocycles. The van der Waals surface area contributed by atoms with Gasteiger partial charge < -0.3 is 14.4 Å². The van der Waals surface area contributed by atoms with E-state index < -0.39 is 5.41 Å². The lowest BCUT2D eigenvalue weighted by molar-refractivity contribution is -0.121. The largest absolute Gasteiger partial charge is 0.497 e. The fraction of sp³-hybridized carbons (Fsp3) is 0.250. The molecule has 2 aromatic carbocycles. The third-order valence-corrected chi connectivity index (χ3v) is 4.71. The number of fused-ring (bicyclic) bond motifs is 1. The summed E-state index contributed by atoms with van der Waals surface area (Å²) in [6.45, 7) is 3.88. The van der Waals surface area contributed by atoms with Crippen LogP contribution in [0.25, 0.3) is 0 Å². The summed E-state index contributed by atoms with van der Waals surface area (Å²) >= 11 is 0. The van der Waals surface area contributed by atoms with Crippen LogP contribution in [0.3, 0.4) is 0 Å². The summed E-state index contributed by atoms with van der Waals surface area (Å²) in [4.78, 5) is 15.0. The van der Waals surface area contributed by atoms with Crippen molar-refractivity contribution in [3.8, 4) is 11.5 Å². The number of hydrogen-bond donors (Lipinski definition) is 0. The molecule has 1 amide bonds. The van der Waals surface area contributed by atoms with E-state index in [-0.39, 0.29) is 5.91 Å². The van der Waals surface area contributed by atoms with Crippen molar-refractivity contribution in [2.75, 3.05) is 26.2 Å². The number of carbonyl (C=O) groups excluding carboxylic acids is 1. The van der Waals surface area contributed by atoms with Crippen molar-refractivity contribution in [1.82, 2.24) is 0 Å². The summed E-state index contributed by atoms with van der Waals surface area (Å²) < 4.78 is 10.9. The van der Waals surface area contributed by atoms with E-state index in [1.54, 1.807) is 25.2 Å². The quantitative estimate of drug-likeness (QED) is 0.790. The van der Waals surface area contributed by atoms with E-state index in [1.807, 2.05) is 49.5 Å². The lowest BCUT2D eigenvalue weighted by atomic mass is 9.72. The number of rotatable bonds is 5. The first-order valence-corrected chi connectivity index (χ1v) is 7.81. The number of ether oxygens (including phenoxy) is 2. The van der Waals surface area contributed by atoms with Crippen molar-refractivity contribution in [2.45, 2.75) is 11.8 Å². The molecule has 1 unspecified atom stereocenters. The van der Waals surface area contributed by atoms with Crippen molar-refractivity contribution in [2.24, 2.45) is 0 Å². The Morgan fingerprint density at radius 2 is 1.88 bits per heavy atom. The van der Waals surface area contributed by atoms with Gasteiger partial charge in [-0.2, -0.15) is 0 Å². The van der Waals surface area contributed by atoms with Crippen molar-refractivity contribution in [1.29, 1.82) is 0 Å². The number of hydrogen-bond acceptors (Lipinski definition) is 3. The molecular formula is C20H21NO3. The molecule has 1 atom stereocenters. The topological polar surface area (TPSA) is 38.8 Å². The highest BCUT2D eigenvalue weighted by Gasteiger charge is 2.51. The molecule has 124 valence electrons. The molecule has 1 aliphatic rings. The summed E-state index contributed by atoms with van der Waals surface area (Å²) in [6, 6.07) is 13.5. The lowest BCUT2D eigenvalue weighted by Crippen LogP contribution is -2.39. The van der Waals surface area contributed by atoms with E-state index in [0.29, 0.717) is 17.9 Å². The minimum atomic E-state index is -0.829. The zero-order valence-electron chi connectivity index (χ0n) is 14.2. The number of nitrogens with zero attached hydrogens (tertiary/aromatic N) is 1. The smallest absolute Gasteiger partial charge is 0.242 e. The number of likely N-dealkylation sites (N-methyl/N-ethyl adjacent to an activating group) is 1. The van der Waals surface area contributed by atoms with Crippen LogP contribution < -0.4 is 14.4 Å². The monoisotopic (exact) mass is 323 g/mol. The Hall–Kier alpha value is -2.75. The van der Waals surface area contributed by atoms with Gasteiger partial charge >= 0.3 is 0 Å². The molecule has 0 saturated heterocycles. The predicted molar refractivity (Wildman–Crippen MR) is 95.0 cm³/mol. The van der Waals surface area contributed by atoms with E-state index in [2.05, 4.69) is 6.58 Å². The molecule has 3 rings (SSSR count). The normalized spacial score (nSPS) is 19.1. The number of para-hydroxylation sites is 1. The van der Waals surface area contributed by atoms with Crippen LogP contribution in [-0.2, 0) is 10.2 Å². The molecule has 1 heterocycles. The fourth-order valence-electron chi connectivity index (χ4n) is 3.57. The van der Waals surface area contributed by atoms with Gasteiger partial charge in [-0.3, -0.25) is 4.79 Å². The minimum absolute atomic E-state index is 0.0204. The van der Waals surface area contributed by atoms with Crippen LogP contribution in [0.2, 0.25) is 0 Å². The number of benzene rings is 2. The molecule has 2 aromatic rings. The third kappa shape index (κ3) is 2.10. The van der Waals surface area contributed by atoms with Crippen LogP contribution in [0.4, 0.5) is 5.69 Å². The summed E-state index contributed by atoms with van der Waals surface area (Å²) in [5.41, 5.74) is 1.89. The second kappa shape index (κ2) is 6.04. The molecule has 0 saturated carbocycles. The van der Waals surface area contributed by atoms with Crippen LogP contribution in [0, 0.1) is 0 Å². The van der Waals surface area contributed by atoms with Crippen LogP contribution in [0.1, 0.15) is 17.5 Å². The van der Waals surface area contributed by atoms with Gasteiger partial charge in [-0.15, -0.1) is 6.58 Å². The van der Waals surface area contributed by atoms with Crippen molar-refractivity contribution >= 4 is 11.6 Å². The van der Waals surface area contributed by atoms with Crippen LogP contribution >= 0.6 is 0 Å². The van der Waals surface area contributed by atoms with Crippen molar-refractivity contribution < 1.29 is 14.3 Å². The highest BCUT2D eigenvalue weighted by atomic mass is 16.5. The maximum Gasteiger partial charge on any atom is 0.242 e. The summed E-state index contributed by atoms with van der Waals surface area (Å²) in [6.07, 6.45) is 2.29. The Labute approximate surface area is 142 Å². The number of amides is 1. The van der Waals surface area contributed by atoms with Crippen LogP contribution in [0.15, 0.2) is 55.1 Å². The molecule has 0 aliphatic carbocycles. The van der Waals surface area contributed by atoms with Gasteiger partial charge in [0.15, 0.2) is 0 Å². The maximum absolute atomic E-state index is 13.3. The zero-order chi connectivity index (χ0) is 17.3. The van der Waals surface area contributed by atoms with Gasteiger partial charge in [-0.1, -0.05) is 30.3 Å². The van der Waals surface area contributed by atoms with E-state index in [1.165, 1.54) is 0 Å². The second-order valence-electron chi connectivity index (χ2n) is 5.85. The van der Waals surface area contributed by atoms with E-state index in [4.69, 9.17) is 9.47 Å². The Morgan fingerprint density at radius 3 is 2.54 bits per heavy atom. The standard InChI is InChI=1S/C20H21NO3/c1-5-12-20(16-11-10-14(23-3)13-18(16)24-4)15-8-6-7-9-17(15)21(2)19(20)22/h5-11,13H,1,12H2,2-4H3. The van der Waals surface area contributed by atoms with Gasteiger partial charge in [0, 0.05) is 24.4 Å². The number of methoxy groups -OCH3 is 2. The van der Waals surface area contributed by atoms with Gasteiger partial charge in [-0.25, -0.2) is 0 Å². The van der Waals surface area contributed by atoms with Crippen LogP contribution in [-0.4, -0.2) is 27.2 Å². The molecule has 0 spiro atoms. The van der Waals surface area contributed by atoms with Crippen molar-refractivity contribution in [3.63, 3.8) is 0 Å². The average molecular weight is 323 g/mol. The van der Waals surface area contributed by atoms with Gasteiger partial charge in [0.1, 0.15) is 16.9 Å². The van der Waals surface area contributed by atoms with Gasteiger partial charge in [-0.05, 0) is 24.1 Å². The fourth-order valence-corrected chi connectivity index (χ4v) is 3.57. The number of carbonyl (C=O) groups is 1. The average Bonchev–Trinajstić information content (AvgIpc) is 2.84. The highest BCUT2D eigenvalue weighted by Crippen LogP contribution is 2.50. The number of anilines is 1. The first-order valence-electron chi connectivity index (χ1n) is 7.81. The summed E-state index contributed by atoms with van der Waals surface area (Å²) in [7, 11) is 5.02. The third-order valence-electron chi connectivity index (χ3n) is 4.71. The van der Waals surface area contributed by atoms with E-state index in [0.717, 1.165) is 16.8 Å². The van der Waals surface area contributed by atoms with Gasteiger partial charge in [0.2, 0.25) is 5.91 Å². The van der Waals surface area contributed by atoms with E-state index in [9.17, 15) is 4.79 Å². The predicted octanol–water partition coefficient (Wildman–Crippen LogP) is 3.54. The van der Waals surface area contributed by atoms with Crippen molar-refractivity contribution in [3.05, 3.63) is 66.2 Å². The Morgan fingerprint density at radius 1 is 1.12 bits per heavy atom. The molecule has 1 aliphatic heterocycles. The second-order valence-corrected chi connectivity index (χ2v) is 5.85. The minimum Gasteiger partial charge on any atom is -0.497 e. The molecule has 0 N–H and O–H groups in total. The molecule has 0 fully saturated rings. The Bertz CT molecular complexity index is 799. The zero-order valence-corrected chi connectivity index (χ0v) is 14.2. The summed E-state index contributed by atoms with van der Waals surface area (Å²) in [5.74, 6) is 1.35. The molecule has 0 bridgehead atoms. The van der Waals surface area contributed by atoms with Gasteiger partial charge in [0.25, 0.3) is 0 Å². The van der Waals surface area contributed by atoms with Gasteiger partial charge in [0.05, 0.1) is 14.2 Å². The molecule has 4 nitrogen and oxygen atoms in total. The van der Waals surface area contributed by atoms with E-state index >= 15 is 0 Å². The number of allylic oxidation sites excluding steroid dienone is 1. The maximum atomic E-state index is 13.3. The highest BCUT2D eigenvalue weighted by molar-refractivity contribution is 6.10. The first kappa shape index (κ1) is 16.1. The first-order chi connectivity index (χ1) is 11.6. The molecule has 24 heavy (non-hydrogen) atoms. The SMILES string of the molecule is C=CCC1(c2ccc(OC)cc2OC)C(=O)N(C)c2ccccc21. The molecule has 4 heteroatoms. The molecule has 0 radical (unpaired) electrons.